The predicted molar refractivity (Wildman–Crippen MR) is 118 cm³/mol. The molecule has 0 radical (unpaired) electrons. The van der Waals surface area contributed by atoms with Crippen molar-refractivity contribution in [2.75, 3.05) is 6.26 Å². The minimum atomic E-state index is -3.18. The van der Waals surface area contributed by atoms with Gasteiger partial charge in [-0.1, -0.05) is 79.2 Å². The molecule has 0 atom stereocenters. The Hall–Kier alpha value is -2.56. The highest BCUT2D eigenvalue weighted by atomic mass is 35.5. The molecule has 1 heterocycles. The fraction of sp³-hybridized carbons (Fsp3) is 0.130. The summed E-state index contributed by atoms with van der Waals surface area (Å²) in [6.07, 6.45) is 2.27. The van der Waals surface area contributed by atoms with E-state index < -0.39 is 9.84 Å². The molecule has 1 aromatic heterocycles. The van der Waals surface area contributed by atoms with E-state index in [1.807, 2.05) is 6.07 Å². The predicted octanol–water partition coefficient (Wildman–Crippen LogP) is 6.14. The molecule has 0 unspecified atom stereocenters. The third-order valence-corrected chi connectivity index (χ3v) is 5.68. The molecule has 0 aliphatic heterocycles. The van der Waals surface area contributed by atoms with Crippen LogP contribution in [0.3, 0.4) is 0 Å². The lowest BCUT2D eigenvalue weighted by molar-refractivity contribution is 0.599. The van der Waals surface area contributed by atoms with Crippen LogP contribution in [0, 0.1) is 0 Å². The Labute approximate surface area is 170 Å². The first-order valence-corrected chi connectivity index (χ1v) is 11.3. The monoisotopic (exact) mass is 411 g/mol. The van der Waals surface area contributed by atoms with Crippen molar-refractivity contribution in [1.29, 1.82) is 0 Å². The molecule has 0 bridgehead atoms. The minimum absolute atomic E-state index is 0.217. The van der Waals surface area contributed by atoms with Crippen LogP contribution in [-0.4, -0.2) is 19.7 Å². The smallest absolute Gasteiger partial charge is 0.190 e. The van der Waals surface area contributed by atoms with Crippen molar-refractivity contribution in [2.24, 2.45) is 0 Å². The van der Waals surface area contributed by atoms with Gasteiger partial charge in [0, 0.05) is 22.2 Å². The summed E-state index contributed by atoms with van der Waals surface area (Å²) >= 11 is 5.77. The fourth-order valence-electron chi connectivity index (χ4n) is 2.84. The van der Waals surface area contributed by atoms with Gasteiger partial charge in [-0.25, -0.2) is 8.42 Å². The first kappa shape index (κ1) is 20.2. The number of fused-ring (bicyclic) bond motifs is 1. The molecule has 28 heavy (non-hydrogen) atoms. The molecule has 144 valence electrons. The molecule has 3 nitrogen and oxygen atoms in total. The highest BCUT2D eigenvalue weighted by Gasteiger charge is 2.10. The van der Waals surface area contributed by atoms with Gasteiger partial charge in [-0.05, 0) is 41.3 Å². The summed E-state index contributed by atoms with van der Waals surface area (Å²) in [5, 5.41) is 1.64. The Kier molecular flexibility index (Phi) is 6.22. The first-order valence-electron chi connectivity index (χ1n) is 8.99. The van der Waals surface area contributed by atoms with Gasteiger partial charge in [0.25, 0.3) is 0 Å². The zero-order valence-corrected chi connectivity index (χ0v) is 17.4. The number of nitrogens with one attached hydrogen (secondary N) is 1. The van der Waals surface area contributed by atoms with E-state index in [2.05, 4.69) is 60.4 Å². The van der Waals surface area contributed by atoms with Gasteiger partial charge in [-0.2, -0.15) is 0 Å². The Morgan fingerprint density at radius 3 is 2.11 bits per heavy atom. The zero-order valence-electron chi connectivity index (χ0n) is 15.8. The molecule has 0 aliphatic carbocycles. The largest absolute Gasteiger partial charge is 0.346 e. The average Bonchev–Trinajstić information content (AvgIpc) is 3.13. The van der Waals surface area contributed by atoms with Gasteiger partial charge < -0.3 is 4.98 Å². The number of benzene rings is 3. The summed E-state index contributed by atoms with van der Waals surface area (Å²) in [5.41, 5.74) is 4.71. The van der Waals surface area contributed by atoms with Gasteiger partial charge in [-0.15, -0.1) is 0 Å². The molecule has 3 aromatic carbocycles. The standard InChI is InChI=1S/C14H14.C9H8ClNO2S/c1-2-12-8-10-14(11-9-12)13-6-4-3-5-7-13;1-14(12,13)9-4-6-2-3-7(10)5-8(6)11-9/h3-11H,2H2,1H3;2-5,11H,1H3. The van der Waals surface area contributed by atoms with E-state index in [0.717, 1.165) is 17.3 Å². The van der Waals surface area contributed by atoms with E-state index in [1.165, 1.54) is 22.9 Å². The van der Waals surface area contributed by atoms with E-state index in [-0.39, 0.29) is 5.03 Å². The lowest BCUT2D eigenvalue weighted by Crippen LogP contribution is -1.96. The van der Waals surface area contributed by atoms with Gasteiger partial charge in [0.1, 0.15) is 5.03 Å². The molecule has 0 spiro atoms. The maximum absolute atomic E-state index is 11.2. The normalized spacial score (nSPS) is 11.1. The second kappa shape index (κ2) is 8.63. The first-order chi connectivity index (χ1) is 13.4. The van der Waals surface area contributed by atoms with E-state index in [1.54, 1.807) is 24.3 Å². The van der Waals surface area contributed by atoms with E-state index in [9.17, 15) is 8.42 Å². The number of sulfone groups is 1. The molecule has 0 fully saturated rings. The molecule has 0 aliphatic rings. The maximum Gasteiger partial charge on any atom is 0.190 e. The van der Waals surface area contributed by atoms with Crippen molar-refractivity contribution in [3.8, 4) is 11.1 Å². The quantitative estimate of drug-likeness (QED) is 0.440. The number of aromatic nitrogens is 1. The molecule has 0 amide bonds. The molecular formula is C23H22ClNO2S. The highest BCUT2D eigenvalue weighted by Crippen LogP contribution is 2.22. The van der Waals surface area contributed by atoms with Gasteiger partial charge >= 0.3 is 0 Å². The summed E-state index contributed by atoms with van der Waals surface area (Å²) < 4.78 is 22.4. The van der Waals surface area contributed by atoms with Crippen molar-refractivity contribution in [3.63, 3.8) is 0 Å². The number of aromatic amines is 1. The average molecular weight is 412 g/mol. The van der Waals surface area contributed by atoms with Crippen molar-refractivity contribution < 1.29 is 8.42 Å². The minimum Gasteiger partial charge on any atom is -0.346 e. The van der Waals surface area contributed by atoms with Crippen LogP contribution in [0.1, 0.15) is 12.5 Å². The Bertz CT molecular complexity index is 1160. The maximum atomic E-state index is 11.2. The van der Waals surface area contributed by atoms with E-state index in [4.69, 9.17) is 11.6 Å². The summed E-state index contributed by atoms with van der Waals surface area (Å²) in [6, 6.07) is 26.0. The number of rotatable bonds is 3. The summed E-state index contributed by atoms with van der Waals surface area (Å²) in [6.45, 7) is 2.18. The summed E-state index contributed by atoms with van der Waals surface area (Å²) in [4.78, 5) is 2.80. The van der Waals surface area contributed by atoms with Crippen molar-refractivity contribution in [1.82, 2.24) is 4.98 Å². The highest BCUT2D eigenvalue weighted by molar-refractivity contribution is 7.90. The van der Waals surface area contributed by atoms with Gasteiger partial charge in [0.15, 0.2) is 9.84 Å². The second-order valence-electron chi connectivity index (χ2n) is 6.55. The summed E-state index contributed by atoms with van der Waals surface area (Å²) in [7, 11) is -3.18. The van der Waals surface area contributed by atoms with Crippen LogP contribution >= 0.6 is 11.6 Å². The molecule has 0 saturated carbocycles. The summed E-state index contributed by atoms with van der Waals surface area (Å²) in [5.74, 6) is 0. The lowest BCUT2D eigenvalue weighted by Gasteiger charge is -2.02. The number of aryl methyl sites for hydroxylation is 1. The molecule has 5 heteroatoms. The van der Waals surface area contributed by atoms with Crippen LogP contribution < -0.4 is 0 Å². The number of halogens is 1. The van der Waals surface area contributed by atoms with Crippen molar-refractivity contribution in [2.45, 2.75) is 18.4 Å². The van der Waals surface area contributed by atoms with Crippen LogP contribution in [-0.2, 0) is 16.3 Å². The third-order valence-electron chi connectivity index (χ3n) is 4.43. The van der Waals surface area contributed by atoms with Crippen LogP contribution in [0.4, 0.5) is 0 Å². The van der Waals surface area contributed by atoms with E-state index in [0.29, 0.717) is 5.02 Å². The Morgan fingerprint density at radius 1 is 0.857 bits per heavy atom. The number of hydrogen-bond acceptors (Lipinski definition) is 2. The van der Waals surface area contributed by atoms with Crippen LogP contribution in [0.25, 0.3) is 22.0 Å². The molecule has 0 saturated heterocycles. The third kappa shape index (κ3) is 5.03. The molecule has 4 aromatic rings. The van der Waals surface area contributed by atoms with Crippen molar-refractivity contribution in [3.05, 3.63) is 89.4 Å². The zero-order chi connectivity index (χ0) is 20.1. The van der Waals surface area contributed by atoms with Gasteiger partial charge in [0.2, 0.25) is 0 Å². The Morgan fingerprint density at radius 2 is 1.50 bits per heavy atom. The van der Waals surface area contributed by atoms with Gasteiger partial charge in [0.05, 0.1) is 0 Å². The lowest BCUT2D eigenvalue weighted by atomic mass is 10.0. The van der Waals surface area contributed by atoms with Gasteiger partial charge in [-0.3, -0.25) is 0 Å². The van der Waals surface area contributed by atoms with Crippen LogP contribution in [0.15, 0.2) is 83.9 Å². The van der Waals surface area contributed by atoms with E-state index >= 15 is 0 Å². The topological polar surface area (TPSA) is 49.9 Å². The Balaban J connectivity index is 0.000000161. The molecule has 1 N–H and O–H groups in total. The SMILES string of the molecule is CCc1ccc(-c2ccccc2)cc1.CS(=O)(=O)c1cc2ccc(Cl)cc2[nH]1. The number of H-pyrrole nitrogens is 1. The van der Waals surface area contributed by atoms with Crippen LogP contribution in [0.5, 0.6) is 0 Å². The van der Waals surface area contributed by atoms with Crippen molar-refractivity contribution >= 4 is 32.3 Å². The fourth-order valence-corrected chi connectivity index (χ4v) is 3.64. The second-order valence-corrected chi connectivity index (χ2v) is 8.97. The molecule has 4 rings (SSSR count). The van der Waals surface area contributed by atoms with Crippen LogP contribution in [0.2, 0.25) is 5.02 Å². The number of hydrogen-bond donors (Lipinski definition) is 1. The molecular weight excluding hydrogens is 390 g/mol.